The molecule has 1 aliphatic heterocycles. The van der Waals surface area contributed by atoms with Crippen LogP contribution in [0.15, 0.2) is 48.5 Å². The van der Waals surface area contributed by atoms with Gasteiger partial charge in [-0.3, -0.25) is 4.79 Å². The van der Waals surface area contributed by atoms with Crippen LogP contribution in [-0.2, 0) is 23.9 Å². The molecule has 0 aromatic heterocycles. The van der Waals surface area contributed by atoms with Crippen LogP contribution in [0, 0.1) is 0 Å². The Morgan fingerprint density at radius 1 is 1.12 bits per heavy atom. The number of rotatable bonds is 1. The van der Waals surface area contributed by atoms with E-state index in [0.717, 1.165) is 17.7 Å². The maximum atomic E-state index is 12.4. The second-order valence-electron chi connectivity index (χ2n) is 5.58. The van der Waals surface area contributed by atoms with Gasteiger partial charge in [0.25, 0.3) is 0 Å². The Balaban J connectivity index is 0.000000212. The van der Waals surface area contributed by atoms with E-state index in [1.165, 1.54) is 6.07 Å². The molecule has 134 valence electrons. The van der Waals surface area contributed by atoms with Crippen LogP contribution in [0.5, 0.6) is 0 Å². The molecule has 2 aromatic carbocycles. The van der Waals surface area contributed by atoms with Crippen molar-refractivity contribution in [2.24, 2.45) is 5.73 Å². The zero-order valence-corrected chi connectivity index (χ0v) is 13.3. The SMILES string of the molecule is NC(=O)c1ccccc1.OC1COCc2cc(C(F)(F)F)ccc2C1. The van der Waals surface area contributed by atoms with Gasteiger partial charge in [0.2, 0.25) is 5.91 Å². The van der Waals surface area contributed by atoms with Crippen molar-refractivity contribution in [3.63, 3.8) is 0 Å². The molecule has 1 heterocycles. The zero-order valence-electron chi connectivity index (χ0n) is 13.3. The van der Waals surface area contributed by atoms with E-state index in [2.05, 4.69) is 0 Å². The number of fused-ring (bicyclic) bond motifs is 1. The molecule has 4 nitrogen and oxygen atoms in total. The van der Waals surface area contributed by atoms with Crippen LogP contribution in [0.3, 0.4) is 0 Å². The quantitative estimate of drug-likeness (QED) is 0.828. The topological polar surface area (TPSA) is 72.6 Å². The maximum Gasteiger partial charge on any atom is 0.416 e. The summed E-state index contributed by atoms with van der Waals surface area (Å²) in [7, 11) is 0. The van der Waals surface area contributed by atoms with E-state index in [1.54, 1.807) is 24.3 Å². The molecular weight excluding hydrogens is 335 g/mol. The molecule has 3 rings (SSSR count). The number of aliphatic hydroxyl groups excluding tert-OH is 1. The molecule has 25 heavy (non-hydrogen) atoms. The normalized spacial score (nSPS) is 16.9. The minimum absolute atomic E-state index is 0.121. The average Bonchev–Trinajstić information content (AvgIpc) is 2.75. The summed E-state index contributed by atoms with van der Waals surface area (Å²) in [5, 5.41) is 9.42. The van der Waals surface area contributed by atoms with Gasteiger partial charge in [0.15, 0.2) is 0 Å². The van der Waals surface area contributed by atoms with Gasteiger partial charge in [-0.15, -0.1) is 0 Å². The number of halogens is 3. The molecule has 1 atom stereocenters. The van der Waals surface area contributed by atoms with Gasteiger partial charge in [0, 0.05) is 12.0 Å². The van der Waals surface area contributed by atoms with Crippen LogP contribution in [0.4, 0.5) is 13.2 Å². The highest BCUT2D eigenvalue weighted by Crippen LogP contribution is 2.31. The highest BCUT2D eigenvalue weighted by Gasteiger charge is 2.31. The number of carbonyl (C=O) groups excluding carboxylic acids is 1. The van der Waals surface area contributed by atoms with Gasteiger partial charge in [-0.1, -0.05) is 24.3 Å². The summed E-state index contributed by atoms with van der Waals surface area (Å²) < 4.78 is 42.4. The van der Waals surface area contributed by atoms with Crippen molar-refractivity contribution in [3.05, 3.63) is 70.8 Å². The first-order valence-corrected chi connectivity index (χ1v) is 7.57. The van der Waals surface area contributed by atoms with Gasteiger partial charge in [-0.05, 0) is 35.4 Å². The third-order valence-electron chi connectivity index (χ3n) is 3.62. The Bertz CT molecular complexity index is 717. The molecule has 1 aliphatic rings. The summed E-state index contributed by atoms with van der Waals surface area (Å²) in [5.74, 6) is -0.379. The predicted octanol–water partition coefficient (Wildman–Crippen LogP) is 2.92. The van der Waals surface area contributed by atoms with E-state index in [0.29, 0.717) is 17.5 Å². The highest BCUT2D eigenvalue weighted by atomic mass is 19.4. The third-order valence-corrected chi connectivity index (χ3v) is 3.62. The van der Waals surface area contributed by atoms with Gasteiger partial charge in [0.05, 0.1) is 24.9 Å². The van der Waals surface area contributed by atoms with Crippen LogP contribution in [0.2, 0.25) is 0 Å². The smallest absolute Gasteiger partial charge is 0.390 e. The molecule has 0 fully saturated rings. The molecule has 2 aromatic rings. The predicted molar refractivity (Wildman–Crippen MR) is 85.8 cm³/mol. The maximum absolute atomic E-state index is 12.4. The van der Waals surface area contributed by atoms with Gasteiger partial charge in [0.1, 0.15) is 0 Å². The first-order chi connectivity index (χ1) is 11.8. The monoisotopic (exact) mass is 353 g/mol. The lowest BCUT2D eigenvalue weighted by Gasteiger charge is -2.11. The van der Waals surface area contributed by atoms with Crippen LogP contribution >= 0.6 is 0 Å². The largest absolute Gasteiger partial charge is 0.416 e. The molecule has 7 heteroatoms. The number of amides is 1. The number of carbonyl (C=O) groups is 1. The highest BCUT2D eigenvalue weighted by molar-refractivity contribution is 5.92. The zero-order chi connectivity index (χ0) is 18.4. The van der Waals surface area contributed by atoms with E-state index < -0.39 is 17.8 Å². The number of aliphatic hydroxyl groups is 1. The number of hydrogen-bond acceptors (Lipinski definition) is 3. The second-order valence-corrected chi connectivity index (χ2v) is 5.58. The first-order valence-electron chi connectivity index (χ1n) is 7.57. The number of benzene rings is 2. The van der Waals surface area contributed by atoms with Crippen LogP contribution in [0.1, 0.15) is 27.0 Å². The summed E-state index contributed by atoms with van der Waals surface area (Å²) in [4.78, 5) is 10.4. The molecule has 0 saturated carbocycles. The fourth-order valence-electron chi connectivity index (χ4n) is 2.36. The molecule has 0 saturated heterocycles. The number of nitrogens with two attached hydrogens (primary N) is 1. The number of ether oxygens (including phenoxy) is 1. The third kappa shape index (κ3) is 5.58. The molecule has 1 unspecified atom stereocenters. The fraction of sp³-hybridized carbons (Fsp3) is 0.278. The molecule has 0 spiro atoms. The summed E-state index contributed by atoms with van der Waals surface area (Å²) in [6.45, 7) is 0.284. The lowest BCUT2D eigenvalue weighted by atomic mass is 10.0. The molecule has 0 bridgehead atoms. The van der Waals surface area contributed by atoms with Gasteiger partial charge < -0.3 is 15.6 Å². The molecule has 3 N–H and O–H groups in total. The number of primary amides is 1. The summed E-state index contributed by atoms with van der Waals surface area (Å²) in [6, 6.07) is 12.3. The van der Waals surface area contributed by atoms with Crippen molar-refractivity contribution in [1.29, 1.82) is 0 Å². The van der Waals surface area contributed by atoms with Gasteiger partial charge >= 0.3 is 6.18 Å². The van der Waals surface area contributed by atoms with Crippen molar-refractivity contribution in [2.45, 2.75) is 25.3 Å². The van der Waals surface area contributed by atoms with Crippen molar-refractivity contribution in [1.82, 2.24) is 0 Å². The van der Waals surface area contributed by atoms with E-state index in [1.807, 2.05) is 6.07 Å². The first kappa shape index (κ1) is 19.0. The minimum Gasteiger partial charge on any atom is -0.390 e. The summed E-state index contributed by atoms with van der Waals surface area (Å²) in [5.41, 5.74) is 6.08. The van der Waals surface area contributed by atoms with Gasteiger partial charge in [-0.25, -0.2) is 0 Å². The molecule has 0 aliphatic carbocycles. The fourth-order valence-corrected chi connectivity index (χ4v) is 2.36. The van der Waals surface area contributed by atoms with Crippen molar-refractivity contribution in [2.75, 3.05) is 6.61 Å². The average molecular weight is 353 g/mol. The van der Waals surface area contributed by atoms with Crippen molar-refractivity contribution >= 4 is 5.91 Å². The van der Waals surface area contributed by atoms with E-state index in [-0.39, 0.29) is 19.1 Å². The second kappa shape index (κ2) is 8.13. The van der Waals surface area contributed by atoms with Crippen LogP contribution < -0.4 is 5.73 Å². The Kier molecular flexibility index (Phi) is 6.17. The molecular formula is C18H18F3NO3. The summed E-state index contributed by atoms with van der Waals surface area (Å²) >= 11 is 0. The lowest BCUT2D eigenvalue weighted by Crippen LogP contribution is -2.14. The lowest BCUT2D eigenvalue weighted by molar-refractivity contribution is -0.137. The standard InChI is InChI=1S/C11H11F3O2.C7H7NO/c12-11(13,14)9-2-1-7-4-10(15)6-16-5-8(7)3-9;8-7(9)6-4-2-1-3-5-6/h1-3,10,15H,4-6H2;1-5H,(H2,8,9). The molecule has 1 amide bonds. The van der Waals surface area contributed by atoms with E-state index in [9.17, 15) is 23.1 Å². The van der Waals surface area contributed by atoms with Crippen LogP contribution in [-0.4, -0.2) is 23.7 Å². The number of alkyl halides is 3. The van der Waals surface area contributed by atoms with E-state index >= 15 is 0 Å². The Morgan fingerprint density at radius 3 is 2.36 bits per heavy atom. The number of hydrogen-bond donors (Lipinski definition) is 2. The Labute approximate surface area is 143 Å². The minimum atomic E-state index is -4.33. The van der Waals surface area contributed by atoms with E-state index in [4.69, 9.17) is 10.5 Å². The Hall–Kier alpha value is -2.38. The van der Waals surface area contributed by atoms with Crippen molar-refractivity contribution < 1.29 is 27.8 Å². The molecule has 0 radical (unpaired) electrons. The Morgan fingerprint density at radius 2 is 1.80 bits per heavy atom. The van der Waals surface area contributed by atoms with Gasteiger partial charge in [-0.2, -0.15) is 13.2 Å². The summed E-state index contributed by atoms with van der Waals surface area (Å²) in [6.07, 6.45) is -4.63. The van der Waals surface area contributed by atoms with Crippen LogP contribution in [0.25, 0.3) is 0 Å². The van der Waals surface area contributed by atoms with Crippen molar-refractivity contribution in [3.8, 4) is 0 Å².